The molecule has 4 atom stereocenters. The second-order valence-corrected chi connectivity index (χ2v) is 9.26. The summed E-state index contributed by atoms with van der Waals surface area (Å²) in [5.41, 5.74) is 12.8. The lowest BCUT2D eigenvalue weighted by Gasteiger charge is -2.21. The number of amides is 6. The zero-order valence-corrected chi connectivity index (χ0v) is 22.6. The van der Waals surface area contributed by atoms with E-state index in [0.717, 1.165) is 16.5 Å². The predicted molar refractivity (Wildman–Crippen MR) is 146 cm³/mol. The molecular weight excluding hydrogens is 556 g/mol. The summed E-state index contributed by atoms with van der Waals surface area (Å²) in [4.78, 5) is 86.7. The number of H-pyrrole nitrogens is 1. The van der Waals surface area contributed by atoms with Gasteiger partial charge in [-0.15, -0.1) is 0 Å². The van der Waals surface area contributed by atoms with Crippen LogP contribution in [0.15, 0.2) is 30.5 Å². The van der Waals surface area contributed by atoms with E-state index in [4.69, 9.17) is 16.6 Å². The van der Waals surface area contributed by atoms with Gasteiger partial charge in [0.1, 0.15) is 24.7 Å². The molecule has 0 aliphatic rings. The van der Waals surface area contributed by atoms with Crippen LogP contribution in [0.3, 0.4) is 0 Å². The van der Waals surface area contributed by atoms with Crippen molar-refractivity contribution in [3.05, 3.63) is 36.0 Å². The number of hydrogen-bond acceptors (Lipinski definition) is 9. The first-order valence-electron chi connectivity index (χ1n) is 12.7. The Kier molecular flexibility index (Phi) is 12.4. The second-order valence-electron chi connectivity index (χ2n) is 9.26. The molecule has 17 heteroatoms. The Morgan fingerprint density at radius 1 is 0.881 bits per heavy atom. The average molecular weight is 591 g/mol. The molecule has 17 nitrogen and oxygen atoms in total. The number of nitrogens with one attached hydrogen (secondary N) is 6. The Hall–Kier alpha value is -5.03. The topological polar surface area (TPSA) is 288 Å². The summed E-state index contributed by atoms with van der Waals surface area (Å²) >= 11 is 0. The van der Waals surface area contributed by atoms with Gasteiger partial charge in [0, 0.05) is 17.1 Å². The molecule has 1 aromatic heterocycles. The molecule has 0 fully saturated rings. The monoisotopic (exact) mass is 590 g/mol. The largest absolute Gasteiger partial charge is 0.480 e. The summed E-state index contributed by atoms with van der Waals surface area (Å²) in [5, 5.41) is 30.1. The van der Waals surface area contributed by atoms with Crippen LogP contribution in [0.5, 0.6) is 0 Å². The predicted octanol–water partition coefficient (Wildman–Crippen LogP) is -4.30. The third-order valence-corrected chi connectivity index (χ3v) is 5.91. The summed E-state index contributed by atoms with van der Waals surface area (Å²) in [6.45, 7) is -1.02. The minimum Gasteiger partial charge on any atom is -0.480 e. The number of carbonyl (C=O) groups is 7. The van der Waals surface area contributed by atoms with E-state index in [1.165, 1.54) is 6.92 Å². The van der Waals surface area contributed by atoms with Crippen LogP contribution in [-0.2, 0) is 40.0 Å². The van der Waals surface area contributed by atoms with Gasteiger partial charge in [0.05, 0.1) is 25.6 Å². The maximum atomic E-state index is 12.6. The van der Waals surface area contributed by atoms with Crippen molar-refractivity contribution in [1.82, 2.24) is 31.6 Å². The number of aromatic nitrogens is 1. The molecule has 0 aliphatic carbocycles. The molecule has 2 aromatic rings. The van der Waals surface area contributed by atoms with Crippen molar-refractivity contribution in [2.75, 3.05) is 19.7 Å². The summed E-state index contributed by atoms with van der Waals surface area (Å²) in [6.07, 6.45) is 1.29. The number of fused-ring (bicyclic) bond motifs is 1. The third kappa shape index (κ3) is 10.2. The summed E-state index contributed by atoms with van der Waals surface area (Å²) in [7, 11) is 0. The van der Waals surface area contributed by atoms with Gasteiger partial charge < -0.3 is 53.2 Å². The highest BCUT2D eigenvalue weighted by Gasteiger charge is 2.27. The van der Waals surface area contributed by atoms with E-state index >= 15 is 0 Å². The van der Waals surface area contributed by atoms with Crippen LogP contribution in [0.1, 0.15) is 18.9 Å². The van der Waals surface area contributed by atoms with Gasteiger partial charge in [-0.2, -0.15) is 0 Å². The number of aliphatic carboxylic acids is 1. The molecule has 12 N–H and O–H groups in total. The minimum absolute atomic E-state index is 0.190. The quantitative estimate of drug-likeness (QED) is 0.0897. The number of aliphatic hydroxyl groups excluding tert-OH is 1. The van der Waals surface area contributed by atoms with Crippen molar-refractivity contribution in [3.8, 4) is 0 Å². The number of rotatable bonds is 16. The van der Waals surface area contributed by atoms with E-state index in [1.807, 2.05) is 29.6 Å². The number of carboxylic acid groups (broad SMARTS) is 1. The van der Waals surface area contributed by atoms with Gasteiger partial charge in [-0.25, -0.2) is 0 Å². The first-order valence-corrected chi connectivity index (χ1v) is 12.7. The number of aliphatic hydroxyl groups is 1. The summed E-state index contributed by atoms with van der Waals surface area (Å²) in [6, 6.07) is 2.32. The van der Waals surface area contributed by atoms with E-state index in [-0.39, 0.29) is 6.42 Å². The SMILES string of the molecule is C[C@H](NC(=O)[C@@H](N)Cc1c[nH]c2ccccc12)C(=O)N[C@@H](CO)C(=O)NCC(=O)N[C@@H](CC(N)=O)C(=O)NCC(=O)O. The molecule has 1 aromatic carbocycles. The lowest BCUT2D eigenvalue weighted by Crippen LogP contribution is -2.57. The van der Waals surface area contributed by atoms with Crippen molar-refractivity contribution < 1.29 is 43.8 Å². The molecule has 0 saturated heterocycles. The summed E-state index contributed by atoms with van der Waals surface area (Å²) in [5.74, 6) is -6.68. The number of benzene rings is 1. The van der Waals surface area contributed by atoms with E-state index in [2.05, 4.69) is 26.3 Å². The molecule has 0 unspecified atom stereocenters. The smallest absolute Gasteiger partial charge is 0.322 e. The molecule has 2 rings (SSSR count). The lowest BCUT2D eigenvalue weighted by molar-refractivity contribution is -0.138. The third-order valence-electron chi connectivity index (χ3n) is 5.91. The Labute approximate surface area is 239 Å². The maximum Gasteiger partial charge on any atom is 0.322 e. The Morgan fingerprint density at radius 3 is 2.17 bits per heavy atom. The van der Waals surface area contributed by atoms with Crippen molar-refractivity contribution in [1.29, 1.82) is 0 Å². The van der Waals surface area contributed by atoms with Crippen LogP contribution in [-0.4, -0.2) is 100 Å². The number of carboxylic acids is 1. The first-order chi connectivity index (χ1) is 19.8. The highest BCUT2D eigenvalue weighted by molar-refractivity contribution is 5.96. The molecule has 1 heterocycles. The first kappa shape index (κ1) is 33.2. The van der Waals surface area contributed by atoms with E-state index < -0.39 is 91.7 Å². The molecule has 0 radical (unpaired) electrons. The molecule has 6 amide bonds. The van der Waals surface area contributed by atoms with Gasteiger partial charge in [-0.05, 0) is 25.0 Å². The van der Waals surface area contributed by atoms with Gasteiger partial charge in [0.2, 0.25) is 35.4 Å². The molecule has 228 valence electrons. The number of primary amides is 1. The Balaban J connectivity index is 1.85. The maximum absolute atomic E-state index is 12.6. The number of hydrogen-bond donors (Lipinski definition) is 10. The van der Waals surface area contributed by atoms with Crippen LogP contribution in [0.2, 0.25) is 0 Å². The van der Waals surface area contributed by atoms with Crippen LogP contribution < -0.4 is 38.1 Å². The van der Waals surface area contributed by atoms with Crippen LogP contribution in [0, 0.1) is 0 Å². The van der Waals surface area contributed by atoms with Gasteiger partial charge in [0.25, 0.3) is 0 Å². The van der Waals surface area contributed by atoms with Crippen molar-refractivity contribution in [3.63, 3.8) is 0 Å². The number of nitrogens with two attached hydrogens (primary N) is 2. The number of para-hydroxylation sites is 1. The number of aromatic amines is 1. The van der Waals surface area contributed by atoms with Gasteiger partial charge in [0.15, 0.2) is 0 Å². The van der Waals surface area contributed by atoms with Gasteiger partial charge in [-0.1, -0.05) is 18.2 Å². The lowest BCUT2D eigenvalue weighted by atomic mass is 10.0. The van der Waals surface area contributed by atoms with Gasteiger partial charge in [-0.3, -0.25) is 33.6 Å². The van der Waals surface area contributed by atoms with Gasteiger partial charge >= 0.3 is 5.97 Å². The highest BCUT2D eigenvalue weighted by Crippen LogP contribution is 2.18. The minimum atomic E-state index is -1.51. The van der Waals surface area contributed by atoms with E-state index in [0.29, 0.717) is 0 Å². The second kappa shape index (κ2) is 15.7. The van der Waals surface area contributed by atoms with E-state index in [9.17, 15) is 38.7 Å². The Bertz CT molecular complexity index is 1330. The van der Waals surface area contributed by atoms with Crippen molar-refractivity contribution in [2.24, 2.45) is 11.5 Å². The zero-order chi connectivity index (χ0) is 31.4. The normalized spacial score (nSPS) is 13.6. The molecule has 0 saturated carbocycles. The molecule has 0 spiro atoms. The number of carbonyl (C=O) groups excluding carboxylic acids is 6. The molecule has 42 heavy (non-hydrogen) atoms. The fourth-order valence-corrected chi connectivity index (χ4v) is 3.74. The van der Waals surface area contributed by atoms with Crippen LogP contribution >= 0.6 is 0 Å². The van der Waals surface area contributed by atoms with Crippen LogP contribution in [0.25, 0.3) is 10.9 Å². The van der Waals surface area contributed by atoms with Crippen LogP contribution in [0.4, 0.5) is 0 Å². The Morgan fingerprint density at radius 2 is 1.52 bits per heavy atom. The zero-order valence-electron chi connectivity index (χ0n) is 22.6. The fraction of sp³-hybridized carbons (Fsp3) is 0.400. The fourth-order valence-electron chi connectivity index (χ4n) is 3.74. The standard InChI is InChI=1S/C25H34N8O9/c1-12(31-23(40)15(26)6-13-8-28-16-5-3-2-4-14(13)16)22(39)33-18(11-34)25(42)29-9-20(36)32-17(7-19(27)35)24(41)30-10-21(37)38/h2-5,8,12,15,17-18,28,34H,6-7,9-11,26H2,1H3,(H2,27,35)(H,29,42)(H,30,41)(H,31,40)(H,32,36)(H,33,39)(H,37,38)/t12-,15-,17-,18-/m0/s1. The highest BCUT2D eigenvalue weighted by atomic mass is 16.4. The average Bonchev–Trinajstić information content (AvgIpc) is 3.34. The molecule has 0 aliphatic heterocycles. The molecular formula is C25H34N8O9. The summed E-state index contributed by atoms with van der Waals surface area (Å²) < 4.78 is 0. The van der Waals surface area contributed by atoms with Crippen molar-refractivity contribution >= 4 is 52.3 Å². The van der Waals surface area contributed by atoms with Crippen molar-refractivity contribution in [2.45, 2.75) is 43.9 Å². The molecule has 0 bridgehead atoms. The van der Waals surface area contributed by atoms with E-state index in [1.54, 1.807) is 6.20 Å².